The number of rotatable bonds is 1. The first-order valence-electron chi connectivity index (χ1n) is 4.53. The van der Waals surface area contributed by atoms with Crippen molar-refractivity contribution in [3.05, 3.63) is 22.4 Å². The molecule has 0 spiro atoms. The van der Waals surface area contributed by atoms with Crippen LogP contribution in [0, 0.1) is 5.92 Å². The maximum absolute atomic E-state index is 6.33. The standard InChI is InChI=1S/C10H15NS/c1-8-4-5-10(11,7-8)9-3-2-6-12-9/h2-3,6,8H,4-5,7,11H2,1H3. The lowest BCUT2D eigenvalue weighted by atomic mass is 9.96. The van der Waals surface area contributed by atoms with Gasteiger partial charge < -0.3 is 5.73 Å². The van der Waals surface area contributed by atoms with Gasteiger partial charge in [-0.1, -0.05) is 13.0 Å². The molecule has 2 N–H and O–H groups in total. The predicted octanol–water partition coefficient (Wildman–Crippen LogP) is 2.72. The fraction of sp³-hybridized carbons (Fsp3) is 0.600. The minimum atomic E-state index is 0.00752. The summed E-state index contributed by atoms with van der Waals surface area (Å²) in [4.78, 5) is 1.37. The summed E-state index contributed by atoms with van der Waals surface area (Å²) in [5.41, 5.74) is 6.33. The summed E-state index contributed by atoms with van der Waals surface area (Å²) >= 11 is 1.80. The molecule has 1 saturated carbocycles. The van der Waals surface area contributed by atoms with E-state index >= 15 is 0 Å². The fourth-order valence-corrected chi connectivity index (χ4v) is 3.00. The van der Waals surface area contributed by atoms with Crippen molar-refractivity contribution in [1.29, 1.82) is 0 Å². The highest BCUT2D eigenvalue weighted by Crippen LogP contribution is 2.41. The lowest BCUT2D eigenvalue weighted by molar-refractivity contribution is 0.449. The first-order valence-corrected chi connectivity index (χ1v) is 5.41. The van der Waals surface area contributed by atoms with Crippen LogP contribution in [0.2, 0.25) is 0 Å². The van der Waals surface area contributed by atoms with Crippen LogP contribution in [0.1, 0.15) is 31.1 Å². The molecule has 1 aliphatic rings. The van der Waals surface area contributed by atoms with Gasteiger partial charge in [-0.15, -0.1) is 11.3 Å². The van der Waals surface area contributed by atoms with Crippen molar-refractivity contribution < 1.29 is 0 Å². The van der Waals surface area contributed by atoms with E-state index in [-0.39, 0.29) is 5.54 Å². The van der Waals surface area contributed by atoms with E-state index in [0.29, 0.717) is 0 Å². The highest BCUT2D eigenvalue weighted by atomic mass is 32.1. The third-order valence-electron chi connectivity index (χ3n) is 2.81. The van der Waals surface area contributed by atoms with Gasteiger partial charge in [0.05, 0.1) is 5.54 Å². The van der Waals surface area contributed by atoms with Crippen LogP contribution in [0.4, 0.5) is 0 Å². The highest BCUT2D eigenvalue weighted by molar-refractivity contribution is 7.10. The average molecular weight is 181 g/mol. The van der Waals surface area contributed by atoms with E-state index < -0.39 is 0 Å². The van der Waals surface area contributed by atoms with E-state index in [1.54, 1.807) is 11.3 Å². The van der Waals surface area contributed by atoms with Gasteiger partial charge >= 0.3 is 0 Å². The second kappa shape index (κ2) is 2.86. The molecule has 2 rings (SSSR count). The van der Waals surface area contributed by atoms with Gasteiger partial charge in [0.15, 0.2) is 0 Å². The second-order valence-electron chi connectivity index (χ2n) is 3.98. The molecule has 2 atom stereocenters. The van der Waals surface area contributed by atoms with Gasteiger partial charge in [0.2, 0.25) is 0 Å². The van der Waals surface area contributed by atoms with Gasteiger partial charge in [-0.05, 0) is 36.6 Å². The lowest BCUT2D eigenvalue weighted by Gasteiger charge is -2.22. The lowest BCUT2D eigenvalue weighted by Crippen LogP contribution is -2.32. The van der Waals surface area contributed by atoms with Crippen LogP contribution in [0.5, 0.6) is 0 Å². The first-order chi connectivity index (χ1) is 5.71. The summed E-state index contributed by atoms with van der Waals surface area (Å²) in [5, 5.41) is 2.12. The quantitative estimate of drug-likeness (QED) is 0.708. The Kier molecular flexibility index (Phi) is 1.97. The molecule has 1 aliphatic carbocycles. The predicted molar refractivity (Wildman–Crippen MR) is 53.2 cm³/mol. The van der Waals surface area contributed by atoms with Crippen molar-refractivity contribution in [2.45, 2.75) is 31.7 Å². The van der Waals surface area contributed by atoms with Crippen LogP contribution in [0.25, 0.3) is 0 Å². The van der Waals surface area contributed by atoms with Gasteiger partial charge in [0.1, 0.15) is 0 Å². The molecule has 0 aromatic carbocycles. The normalized spacial score (nSPS) is 35.7. The Hall–Kier alpha value is -0.340. The minimum Gasteiger partial charge on any atom is -0.321 e. The number of hydrogen-bond donors (Lipinski definition) is 1. The summed E-state index contributed by atoms with van der Waals surface area (Å²) in [6.45, 7) is 2.29. The van der Waals surface area contributed by atoms with Crippen LogP contribution >= 0.6 is 11.3 Å². The van der Waals surface area contributed by atoms with Crippen molar-refractivity contribution in [1.82, 2.24) is 0 Å². The van der Waals surface area contributed by atoms with E-state index in [4.69, 9.17) is 5.73 Å². The molecular weight excluding hydrogens is 166 g/mol. The molecule has 1 fully saturated rings. The molecule has 2 unspecified atom stereocenters. The van der Waals surface area contributed by atoms with E-state index in [1.807, 2.05) is 0 Å². The van der Waals surface area contributed by atoms with Crippen molar-refractivity contribution in [3.8, 4) is 0 Å². The first kappa shape index (κ1) is 8.27. The molecule has 12 heavy (non-hydrogen) atoms. The molecule has 1 aromatic rings. The van der Waals surface area contributed by atoms with E-state index in [2.05, 4.69) is 24.4 Å². The van der Waals surface area contributed by atoms with Crippen molar-refractivity contribution in [2.24, 2.45) is 11.7 Å². The zero-order valence-electron chi connectivity index (χ0n) is 7.42. The summed E-state index contributed by atoms with van der Waals surface area (Å²) in [5.74, 6) is 0.803. The van der Waals surface area contributed by atoms with Crippen LogP contribution in [-0.2, 0) is 5.54 Å². The summed E-state index contributed by atoms with van der Waals surface area (Å²) in [7, 11) is 0. The van der Waals surface area contributed by atoms with Gasteiger partial charge in [-0.3, -0.25) is 0 Å². The molecular formula is C10H15NS. The summed E-state index contributed by atoms with van der Waals surface area (Å²) in [6.07, 6.45) is 3.61. The van der Waals surface area contributed by atoms with E-state index in [0.717, 1.165) is 18.8 Å². The molecule has 66 valence electrons. The Labute approximate surface area is 77.6 Å². The van der Waals surface area contributed by atoms with Crippen molar-refractivity contribution in [3.63, 3.8) is 0 Å². The van der Waals surface area contributed by atoms with Crippen LogP contribution in [0.15, 0.2) is 17.5 Å². The third-order valence-corrected chi connectivity index (χ3v) is 3.90. The Morgan fingerprint density at radius 1 is 1.67 bits per heavy atom. The third kappa shape index (κ3) is 1.29. The molecule has 0 bridgehead atoms. The summed E-state index contributed by atoms with van der Waals surface area (Å²) < 4.78 is 0. The topological polar surface area (TPSA) is 26.0 Å². The molecule has 0 aliphatic heterocycles. The second-order valence-corrected chi connectivity index (χ2v) is 4.93. The number of nitrogens with two attached hydrogens (primary N) is 1. The Bertz CT molecular complexity index is 255. The maximum atomic E-state index is 6.33. The highest BCUT2D eigenvalue weighted by Gasteiger charge is 2.35. The largest absolute Gasteiger partial charge is 0.321 e. The molecule has 2 heteroatoms. The van der Waals surface area contributed by atoms with Crippen LogP contribution in [0.3, 0.4) is 0 Å². The maximum Gasteiger partial charge on any atom is 0.0506 e. The summed E-state index contributed by atoms with van der Waals surface area (Å²) in [6, 6.07) is 4.26. The van der Waals surface area contributed by atoms with Gasteiger partial charge in [-0.2, -0.15) is 0 Å². The van der Waals surface area contributed by atoms with E-state index in [1.165, 1.54) is 11.3 Å². The van der Waals surface area contributed by atoms with Gasteiger partial charge in [-0.25, -0.2) is 0 Å². The zero-order valence-corrected chi connectivity index (χ0v) is 8.23. The van der Waals surface area contributed by atoms with Crippen molar-refractivity contribution in [2.75, 3.05) is 0 Å². The Balaban J connectivity index is 2.23. The smallest absolute Gasteiger partial charge is 0.0506 e. The minimum absolute atomic E-state index is 0.00752. The number of hydrogen-bond acceptors (Lipinski definition) is 2. The molecule has 1 aromatic heterocycles. The molecule has 0 saturated heterocycles. The zero-order chi connectivity index (χ0) is 8.60. The number of thiophene rings is 1. The van der Waals surface area contributed by atoms with Gasteiger partial charge in [0.25, 0.3) is 0 Å². The SMILES string of the molecule is CC1CCC(N)(c2cccs2)C1. The Morgan fingerprint density at radius 2 is 2.50 bits per heavy atom. The molecule has 1 nitrogen and oxygen atoms in total. The average Bonchev–Trinajstić information content (AvgIpc) is 2.59. The fourth-order valence-electron chi connectivity index (χ4n) is 2.12. The molecule has 0 radical (unpaired) electrons. The van der Waals surface area contributed by atoms with E-state index in [9.17, 15) is 0 Å². The van der Waals surface area contributed by atoms with Crippen LogP contribution in [-0.4, -0.2) is 0 Å². The van der Waals surface area contributed by atoms with Gasteiger partial charge in [0, 0.05) is 4.88 Å². The molecule has 1 heterocycles. The molecule has 0 amide bonds. The monoisotopic (exact) mass is 181 g/mol. The van der Waals surface area contributed by atoms with Crippen LogP contribution < -0.4 is 5.73 Å². The Morgan fingerprint density at radius 3 is 3.00 bits per heavy atom. The van der Waals surface area contributed by atoms with Crippen molar-refractivity contribution >= 4 is 11.3 Å².